The minimum Gasteiger partial charge on any atom is -0.493 e. The summed E-state index contributed by atoms with van der Waals surface area (Å²) < 4.78 is 5.56. The van der Waals surface area contributed by atoms with Crippen LogP contribution in [0.1, 0.15) is 31.9 Å². The zero-order valence-corrected chi connectivity index (χ0v) is 18.1. The van der Waals surface area contributed by atoms with E-state index >= 15 is 0 Å². The van der Waals surface area contributed by atoms with E-state index in [1.807, 2.05) is 0 Å². The molecule has 0 unspecified atom stereocenters. The summed E-state index contributed by atoms with van der Waals surface area (Å²) in [5.74, 6) is 1.96. The van der Waals surface area contributed by atoms with Gasteiger partial charge in [0.1, 0.15) is 5.75 Å². The van der Waals surface area contributed by atoms with Gasteiger partial charge in [-0.3, -0.25) is 4.99 Å². The van der Waals surface area contributed by atoms with E-state index in [2.05, 4.69) is 59.5 Å². The summed E-state index contributed by atoms with van der Waals surface area (Å²) in [5.41, 5.74) is 2.69. The highest BCUT2D eigenvalue weighted by Crippen LogP contribution is 2.25. The summed E-state index contributed by atoms with van der Waals surface area (Å²) in [6.45, 7) is 13.1. The Balaban J connectivity index is 0.00000312. The van der Waals surface area contributed by atoms with Crippen molar-refractivity contribution in [1.29, 1.82) is 0 Å². The lowest BCUT2D eigenvalue weighted by Gasteiger charge is -2.17. The van der Waals surface area contributed by atoms with E-state index in [9.17, 15) is 0 Å². The number of guanidine groups is 1. The molecule has 0 amide bonds. The summed E-state index contributed by atoms with van der Waals surface area (Å²) >= 11 is 0. The topological polar surface area (TPSA) is 48.9 Å². The number of halogens is 1. The van der Waals surface area contributed by atoms with Gasteiger partial charge in [-0.1, -0.05) is 26.0 Å². The van der Waals surface area contributed by atoms with E-state index in [1.165, 1.54) is 11.1 Å². The molecule has 2 rings (SSSR count). The fourth-order valence-electron chi connectivity index (χ4n) is 2.91. The summed E-state index contributed by atoms with van der Waals surface area (Å²) in [4.78, 5) is 7.06. The van der Waals surface area contributed by atoms with Gasteiger partial charge in [0.2, 0.25) is 0 Å². The molecule has 0 bridgehead atoms. The number of rotatable bonds is 9. The predicted octanol–water partition coefficient (Wildman–Crippen LogP) is 2.68. The van der Waals surface area contributed by atoms with Crippen LogP contribution in [0.25, 0.3) is 0 Å². The van der Waals surface area contributed by atoms with Gasteiger partial charge in [0.25, 0.3) is 0 Å². The first-order valence-corrected chi connectivity index (χ1v) is 9.25. The molecular formula is C19H33IN4O. The zero-order chi connectivity index (χ0) is 17.2. The first-order chi connectivity index (χ1) is 11.8. The molecule has 0 aliphatic carbocycles. The maximum atomic E-state index is 5.56. The van der Waals surface area contributed by atoms with Gasteiger partial charge in [0, 0.05) is 26.1 Å². The fourth-order valence-corrected chi connectivity index (χ4v) is 2.91. The first-order valence-electron chi connectivity index (χ1n) is 9.25. The molecule has 0 radical (unpaired) electrons. The predicted molar refractivity (Wildman–Crippen MR) is 117 cm³/mol. The van der Waals surface area contributed by atoms with Crippen LogP contribution in [0.15, 0.2) is 23.2 Å². The molecule has 0 fully saturated rings. The van der Waals surface area contributed by atoms with Gasteiger partial charge in [-0.15, -0.1) is 24.0 Å². The minimum absolute atomic E-state index is 0. The lowest BCUT2D eigenvalue weighted by Crippen LogP contribution is -2.39. The molecule has 2 N–H and O–H groups in total. The SMILES string of the molecule is CCNC(=NCCN(CC)CC)NCCc1ccc2c(c1)CCO2.I. The second-order valence-electron chi connectivity index (χ2n) is 6.00. The molecule has 142 valence electrons. The summed E-state index contributed by atoms with van der Waals surface area (Å²) in [5, 5.41) is 6.76. The summed E-state index contributed by atoms with van der Waals surface area (Å²) in [7, 11) is 0. The Morgan fingerprint density at radius 1 is 1.20 bits per heavy atom. The average molecular weight is 460 g/mol. The zero-order valence-electron chi connectivity index (χ0n) is 15.8. The molecule has 0 saturated heterocycles. The van der Waals surface area contributed by atoms with Gasteiger partial charge in [-0.25, -0.2) is 0 Å². The highest BCUT2D eigenvalue weighted by molar-refractivity contribution is 14.0. The smallest absolute Gasteiger partial charge is 0.191 e. The molecule has 1 aromatic rings. The third-order valence-corrected chi connectivity index (χ3v) is 4.38. The lowest BCUT2D eigenvalue weighted by atomic mass is 10.1. The number of likely N-dealkylation sites (N-methyl/N-ethyl adjacent to an activating group) is 1. The van der Waals surface area contributed by atoms with Crippen molar-refractivity contribution in [2.24, 2.45) is 4.99 Å². The van der Waals surface area contributed by atoms with Gasteiger partial charge in [-0.05, 0) is 43.6 Å². The number of ether oxygens (including phenoxy) is 1. The Bertz CT molecular complexity index is 532. The second-order valence-corrected chi connectivity index (χ2v) is 6.00. The average Bonchev–Trinajstić information content (AvgIpc) is 3.06. The van der Waals surface area contributed by atoms with E-state index in [0.717, 1.165) is 70.4 Å². The van der Waals surface area contributed by atoms with Crippen molar-refractivity contribution in [3.05, 3.63) is 29.3 Å². The molecule has 5 nitrogen and oxygen atoms in total. The molecule has 0 saturated carbocycles. The van der Waals surface area contributed by atoms with Crippen LogP contribution >= 0.6 is 24.0 Å². The van der Waals surface area contributed by atoms with E-state index in [4.69, 9.17) is 4.74 Å². The maximum Gasteiger partial charge on any atom is 0.191 e. The van der Waals surface area contributed by atoms with Crippen molar-refractivity contribution in [1.82, 2.24) is 15.5 Å². The van der Waals surface area contributed by atoms with Crippen molar-refractivity contribution >= 4 is 29.9 Å². The Kier molecular flexibility index (Phi) is 10.9. The van der Waals surface area contributed by atoms with Gasteiger partial charge < -0.3 is 20.3 Å². The van der Waals surface area contributed by atoms with Crippen LogP contribution in [0.2, 0.25) is 0 Å². The fraction of sp³-hybridized carbons (Fsp3) is 0.632. The molecule has 6 heteroatoms. The third kappa shape index (κ3) is 7.40. The Morgan fingerprint density at radius 3 is 2.72 bits per heavy atom. The van der Waals surface area contributed by atoms with Gasteiger partial charge in [0.15, 0.2) is 5.96 Å². The normalized spacial score (nSPS) is 13.2. The van der Waals surface area contributed by atoms with Crippen LogP contribution in [0.3, 0.4) is 0 Å². The molecule has 1 aromatic carbocycles. The number of nitrogens with zero attached hydrogens (tertiary/aromatic N) is 2. The van der Waals surface area contributed by atoms with Crippen molar-refractivity contribution < 1.29 is 4.74 Å². The summed E-state index contributed by atoms with van der Waals surface area (Å²) in [6, 6.07) is 6.53. The quantitative estimate of drug-likeness (QED) is 0.338. The Hall–Kier alpha value is -1.02. The Labute approximate surface area is 169 Å². The molecule has 0 spiro atoms. The van der Waals surface area contributed by atoms with Crippen LogP contribution in [0.4, 0.5) is 0 Å². The van der Waals surface area contributed by atoms with Crippen LogP contribution in [-0.2, 0) is 12.8 Å². The molecule has 1 aliphatic heterocycles. The van der Waals surface area contributed by atoms with Gasteiger partial charge >= 0.3 is 0 Å². The molecule has 1 aliphatic rings. The van der Waals surface area contributed by atoms with E-state index < -0.39 is 0 Å². The second kappa shape index (κ2) is 12.4. The number of fused-ring (bicyclic) bond motifs is 1. The molecular weight excluding hydrogens is 427 g/mol. The van der Waals surface area contributed by atoms with Crippen molar-refractivity contribution in [2.45, 2.75) is 33.6 Å². The van der Waals surface area contributed by atoms with Crippen LogP contribution in [0.5, 0.6) is 5.75 Å². The van der Waals surface area contributed by atoms with Gasteiger partial charge in [0.05, 0.1) is 13.2 Å². The standard InChI is InChI=1S/C19H32N4O.HI/c1-4-20-19(22-12-13-23(5-2)6-3)21-11-9-16-7-8-18-17(15-16)10-14-24-18;/h7-8,15H,4-6,9-14H2,1-3H3,(H2,20,21,22);1H. The number of aliphatic imine (C=N–C) groups is 1. The number of hydrogen-bond donors (Lipinski definition) is 2. The van der Waals surface area contributed by atoms with Crippen LogP contribution < -0.4 is 15.4 Å². The van der Waals surface area contributed by atoms with Crippen molar-refractivity contribution in [2.75, 3.05) is 45.9 Å². The monoisotopic (exact) mass is 460 g/mol. The highest BCUT2D eigenvalue weighted by atomic mass is 127. The van der Waals surface area contributed by atoms with E-state index in [-0.39, 0.29) is 24.0 Å². The Morgan fingerprint density at radius 2 is 2.00 bits per heavy atom. The molecule has 0 atom stereocenters. The van der Waals surface area contributed by atoms with Crippen LogP contribution in [-0.4, -0.2) is 56.7 Å². The van der Waals surface area contributed by atoms with Crippen LogP contribution in [0, 0.1) is 0 Å². The van der Waals surface area contributed by atoms with E-state index in [0.29, 0.717) is 0 Å². The molecule has 0 aromatic heterocycles. The molecule has 25 heavy (non-hydrogen) atoms. The van der Waals surface area contributed by atoms with Gasteiger partial charge in [-0.2, -0.15) is 0 Å². The largest absolute Gasteiger partial charge is 0.493 e. The number of nitrogens with one attached hydrogen (secondary N) is 2. The molecule has 1 heterocycles. The van der Waals surface area contributed by atoms with Crippen molar-refractivity contribution in [3.8, 4) is 5.75 Å². The minimum atomic E-state index is 0. The van der Waals surface area contributed by atoms with Crippen molar-refractivity contribution in [3.63, 3.8) is 0 Å². The first kappa shape index (κ1) is 22.0. The maximum absolute atomic E-state index is 5.56. The highest BCUT2D eigenvalue weighted by Gasteiger charge is 2.11. The third-order valence-electron chi connectivity index (χ3n) is 4.38. The lowest BCUT2D eigenvalue weighted by molar-refractivity contribution is 0.313. The summed E-state index contributed by atoms with van der Waals surface area (Å²) in [6.07, 6.45) is 2.03. The number of hydrogen-bond acceptors (Lipinski definition) is 3. The number of benzene rings is 1. The van der Waals surface area contributed by atoms with E-state index in [1.54, 1.807) is 0 Å².